The summed E-state index contributed by atoms with van der Waals surface area (Å²) in [6.07, 6.45) is 9.15. The zero-order valence-electron chi connectivity index (χ0n) is 14.5. The van der Waals surface area contributed by atoms with E-state index in [1.807, 2.05) is 17.0 Å². The van der Waals surface area contributed by atoms with Gasteiger partial charge in [-0.1, -0.05) is 25.3 Å². The first-order chi connectivity index (χ1) is 12.2. The number of pyridine rings is 1. The molecule has 3 amide bonds. The third-order valence-electron chi connectivity index (χ3n) is 4.97. The van der Waals surface area contributed by atoms with E-state index in [9.17, 15) is 9.59 Å². The van der Waals surface area contributed by atoms with Gasteiger partial charge in [0, 0.05) is 38.1 Å². The van der Waals surface area contributed by atoms with Gasteiger partial charge in [-0.2, -0.15) is 0 Å². The number of amides is 3. The highest BCUT2D eigenvalue weighted by Gasteiger charge is 2.28. The van der Waals surface area contributed by atoms with Crippen molar-refractivity contribution >= 4 is 11.9 Å². The molecule has 0 bridgehead atoms. The van der Waals surface area contributed by atoms with Crippen LogP contribution in [-0.2, 0) is 4.79 Å². The van der Waals surface area contributed by atoms with E-state index in [0.29, 0.717) is 13.1 Å². The van der Waals surface area contributed by atoms with Crippen LogP contribution >= 0.6 is 0 Å². The van der Waals surface area contributed by atoms with Crippen molar-refractivity contribution in [2.45, 2.75) is 44.2 Å². The van der Waals surface area contributed by atoms with Crippen LogP contribution in [0.2, 0.25) is 0 Å². The van der Waals surface area contributed by atoms with E-state index in [1.54, 1.807) is 12.4 Å². The van der Waals surface area contributed by atoms with Gasteiger partial charge < -0.3 is 20.9 Å². The lowest BCUT2D eigenvalue weighted by atomic mass is 9.96. The van der Waals surface area contributed by atoms with Crippen molar-refractivity contribution in [2.75, 3.05) is 26.2 Å². The molecule has 2 heterocycles. The van der Waals surface area contributed by atoms with Gasteiger partial charge in [0.05, 0.1) is 12.6 Å². The summed E-state index contributed by atoms with van der Waals surface area (Å²) in [7, 11) is 0. The van der Waals surface area contributed by atoms with Crippen LogP contribution in [0.15, 0.2) is 24.5 Å². The molecule has 0 radical (unpaired) electrons. The lowest BCUT2D eigenvalue weighted by Gasteiger charge is -2.36. The predicted octanol–water partition coefficient (Wildman–Crippen LogP) is 1.19. The maximum Gasteiger partial charge on any atom is 0.315 e. The molecule has 25 heavy (non-hydrogen) atoms. The largest absolute Gasteiger partial charge is 0.335 e. The van der Waals surface area contributed by atoms with Gasteiger partial charge in [0.25, 0.3) is 0 Å². The fourth-order valence-corrected chi connectivity index (χ4v) is 3.61. The fraction of sp³-hybridized carbons (Fsp3) is 0.611. The summed E-state index contributed by atoms with van der Waals surface area (Å²) in [6, 6.07) is 3.81. The average Bonchev–Trinajstić information content (AvgIpc) is 2.67. The number of piperazine rings is 1. The maximum absolute atomic E-state index is 12.6. The van der Waals surface area contributed by atoms with Crippen molar-refractivity contribution in [3.05, 3.63) is 30.1 Å². The number of carbonyl (C=O) groups excluding carboxylic acids is 2. The molecular formula is C18H27N5O2. The summed E-state index contributed by atoms with van der Waals surface area (Å²) in [4.78, 5) is 30.6. The minimum atomic E-state index is -0.242. The second-order valence-corrected chi connectivity index (χ2v) is 6.76. The Balaban J connectivity index is 1.51. The lowest BCUT2D eigenvalue weighted by Crippen LogP contribution is -2.52. The zero-order valence-corrected chi connectivity index (χ0v) is 14.5. The lowest BCUT2D eigenvalue weighted by molar-refractivity contribution is -0.133. The van der Waals surface area contributed by atoms with Crippen LogP contribution in [0.4, 0.5) is 4.79 Å². The zero-order chi connectivity index (χ0) is 17.5. The Hall–Kier alpha value is -2.15. The third-order valence-corrected chi connectivity index (χ3v) is 4.97. The maximum atomic E-state index is 12.6. The average molecular weight is 345 g/mol. The Kier molecular flexibility index (Phi) is 6.22. The molecule has 7 heteroatoms. The number of hydrogen-bond donors (Lipinski definition) is 3. The molecule has 1 aliphatic heterocycles. The van der Waals surface area contributed by atoms with Crippen molar-refractivity contribution in [3.8, 4) is 0 Å². The summed E-state index contributed by atoms with van der Waals surface area (Å²) < 4.78 is 0. The third kappa shape index (κ3) is 4.92. The van der Waals surface area contributed by atoms with Crippen LogP contribution in [0.3, 0.4) is 0 Å². The van der Waals surface area contributed by atoms with Gasteiger partial charge in [0.2, 0.25) is 5.91 Å². The number of nitrogens with zero attached hydrogens (tertiary/aromatic N) is 2. The van der Waals surface area contributed by atoms with Crippen molar-refractivity contribution in [2.24, 2.45) is 0 Å². The van der Waals surface area contributed by atoms with Gasteiger partial charge in [-0.05, 0) is 24.5 Å². The molecule has 1 unspecified atom stereocenters. The Morgan fingerprint density at radius 1 is 1.28 bits per heavy atom. The molecule has 2 fully saturated rings. The second kappa shape index (κ2) is 8.80. The highest BCUT2D eigenvalue weighted by molar-refractivity contribution is 5.84. The summed E-state index contributed by atoms with van der Waals surface area (Å²) >= 11 is 0. The molecule has 136 valence electrons. The first-order valence-corrected chi connectivity index (χ1v) is 9.18. The van der Waals surface area contributed by atoms with Gasteiger partial charge >= 0.3 is 6.03 Å². The highest BCUT2D eigenvalue weighted by Crippen LogP contribution is 2.21. The molecular weight excluding hydrogens is 318 g/mol. The first kappa shape index (κ1) is 17.7. The van der Waals surface area contributed by atoms with E-state index in [4.69, 9.17) is 0 Å². The van der Waals surface area contributed by atoms with E-state index in [0.717, 1.165) is 37.8 Å². The van der Waals surface area contributed by atoms with Crippen molar-refractivity contribution in [1.82, 2.24) is 25.8 Å². The minimum Gasteiger partial charge on any atom is -0.335 e. The topological polar surface area (TPSA) is 86.4 Å². The van der Waals surface area contributed by atoms with E-state index >= 15 is 0 Å². The van der Waals surface area contributed by atoms with Crippen LogP contribution < -0.4 is 16.0 Å². The molecule has 3 N–H and O–H groups in total. The standard InChI is InChI=1S/C18H27N5O2/c24-17(13-21-18(25)22-15-6-2-1-3-7-15)23-10-9-20-12-16(23)14-5-4-8-19-11-14/h4-5,8,11,15-16,20H,1-3,6-7,9-10,12-13H2,(H2,21,22,25). The molecule has 7 nitrogen and oxygen atoms in total. The minimum absolute atomic E-state index is 0.0231. The molecule has 0 spiro atoms. The molecule has 1 atom stereocenters. The number of nitrogens with one attached hydrogen (secondary N) is 3. The van der Waals surface area contributed by atoms with E-state index < -0.39 is 0 Å². The van der Waals surface area contributed by atoms with Crippen molar-refractivity contribution in [1.29, 1.82) is 0 Å². The van der Waals surface area contributed by atoms with Gasteiger partial charge in [-0.25, -0.2) is 4.79 Å². The summed E-state index contributed by atoms with van der Waals surface area (Å²) in [5, 5.41) is 9.01. The van der Waals surface area contributed by atoms with Crippen LogP contribution in [-0.4, -0.2) is 54.0 Å². The first-order valence-electron chi connectivity index (χ1n) is 9.18. The number of rotatable bonds is 4. The smallest absolute Gasteiger partial charge is 0.315 e. The van der Waals surface area contributed by atoms with Gasteiger partial charge in [0.1, 0.15) is 0 Å². The van der Waals surface area contributed by atoms with E-state index in [-0.39, 0.29) is 30.6 Å². The summed E-state index contributed by atoms with van der Waals surface area (Å²) in [5.74, 6) is -0.0610. The van der Waals surface area contributed by atoms with E-state index in [1.165, 1.54) is 6.42 Å². The molecule has 1 aromatic rings. The SMILES string of the molecule is O=C(NCC(=O)N1CCNCC1c1cccnc1)NC1CCCCC1. The fourth-order valence-electron chi connectivity index (χ4n) is 3.61. The highest BCUT2D eigenvalue weighted by atomic mass is 16.2. The van der Waals surface area contributed by atoms with Crippen molar-refractivity contribution in [3.63, 3.8) is 0 Å². The Labute approximate surface area is 148 Å². The quantitative estimate of drug-likeness (QED) is 0.765. The van der Waals surface area contributed by atoms with Crippen LogP contribution in [0.1, 0.15) is 43.7 Å². The van der Waals surface area contributed by atoms with Crippen molar-refractivity contribution < 1.29 is 9.59 Å². The van der Waals surface area contributed by atoms with Gasteiger partial charge in [0.15, 0.2) is 0 Å². The number of urea groups is 1. The monoisotopic (exact) mass is 345 g/mol. The Bertz CT molecular complexity index is 574. The Morgan fingerprint density at radius 3 is 2.88 bits per heavy atom. The van der Waals surface area contributed by atoms with E-state index in [2.05, 4.69) is 20.9 Å². The van der Waals surface area contributed by atoms with Gasteiger partial charge in [-0.15, -0.1) is 0 Å². The number of aromatic nitrogens is 1. The number of hydrogen-bond acceptors (Lipinski definition) is 4. The Morgan fingerprint density at radius 2 is 2.12 bits per heavy atom. The molecule has 2 aliphatic rings. The van der Waals surface area contributed by atoms with Crippen LogP contribution in [0, 0.1) is 0 Å². The molecule has 1 aromatic heterocycles. The summed E-state index contributed by atoms with van der Waals surface area (Å²) in [6.45, 7) is 2.11. The van der Waals surface area contributed by atoms with Crippen LogP contribution in [0.25, 0.3) is 0 Å². The predicted molar refractivity (Wildman–Crippen MR) is 95.0 cm³/mol. The molecule has 3 rings (SSSR count). The van der Waals surface area contributed by atoms with Gasteiger partial charge in [-0.3, -0.25) is 9.78 Å². The number of carbonyl (C=O) groups is 2. The molecule has 1 saturated carbocycles. The molecule has 1 saturated heterocycles. The second-order valence-electron chi connectivity index (χ2n) is 6.76. The normalized spacial score (nSPS) is 21.6. The summed E-state index contributed by atoms with van der Waals surface area (Å²) in [5.41, 5.74) is 1.01. The molecule has 1 aliphatic carbocycles. The van der Waals surface area contributed by atoms with Crippen LogP contribution in [0.5, 0.6) is 0 Å². The molecule has 0 aromatic carbocycles.